The van der Waals surface area contributed by atoms with Crippen molar-refractivity contribution in [2.45, 2.75) is 19.8 Å². The van der Waals surface area contributed by atoms with Crippen LogP contribution in [0.15, 0.2) is 36.8 Å². The van der Waals surface area contributed by atoms with Crippen molar-refractivity contribution in [3.05, 3.63) is 42.4 Å². The average molecular weight is 283 g/mol. The maximum Gasteiger partial charge on any atom is 0.239 e. The number of hydrogen-bond donors (Lipinski definition) is 1. The van der Waals surface area contributed by atoms with E-state index in [1.807, 2.05) is 35.0 Å². The van der Waals surface area contributed by atoms with Crippen LogP contribution in [-0.4, -0.2) is 26.8 Å². The first-order valence-electron chi connectivity index (χ1n) is 6.81. The molecule has 21 heavy (non-hydrogen) atoms. The number of nitrogens with zero attached hydrogens (tertiary/aromatic N) is 3. The molecule has 0 spiro atoms. The zero-order valence-electron chi connectivity index (χ0n) is 12.2. The molecule has 0 fully saturated rings. The predicted octanol–water partition coefficient (Wildman–Crippen LogP) is 3.26. The third-order valence-electron chi connectivity index (χ3n) is 3.54. The Kier molecular flexibility index (Phi) is 3.25. The molecule has 0 aliphatic rings. The lowest BCUT2D eigenvalue weighted by molar-refractivity contribution is 0.414. The van der Waals surface area contributed by atoms with Crippen molar-refractivity contribution in [1.82, 2.24) is 14.5 Å². The molecule has 2 heterocycles. The lowest BCUT2D eigenvalue weighted by atomic mass is 10.1. The van der Waals surface area contributed by atoms with Crippen molar-refractivity contribution in [1.29, 1.82) is 0 Å². The van der Waals surface area contributed by atoms with E-state index in [0.29, 0.717) is 11.4 Å². The van der Waals surface area contributed by atoms with E-state index in [4.69, 9.17) is 4.74 Å². The van der Waals surface area contributed by atoms with Gasteiger partial charge >= 0.3 is 0 Å². The molecule has 3 aromatic rings. The third kappa shape index (κ3) is 2.20. The van der Waals surface area contributed by atoms with E-state index >= 15 is 0 Å². The molecule has 1 aromatic carbocycles. The average Bonchev–Trinajstić information content (AvgIpc) is 2.88. The van der Waals surface area contributed by atoms with Crippen molar-refractivity contribution >= 4 is 11.0 Å². The van der Waals surface area contributed by atoms with Gasteiger partial charge in [-0.15, -0.1) is 0 Å². The van der Waals surface area contributed by atoms with Gasteiger partial charge in [-0.2, -0.15) is 0 Å². The Labute approximate surface area is 122 Å². The number of aromatic hydroxyl groups is 1. The monoisotopic (exact) mass is 283 g/mol. The summed E-state index contributed by atoms with van der Waals surface area (Å²) >= 11 is 0. The van der Waals surface area contributed by atoms with Crippen LogP contribution in [0.1, 0.15) is 25.3 Å². The van der Waals surface area contributed by atoms with E-state index in [9.17, 15) is 5.11 Å². The van der Waals surface area contributed by atoms with Crippen LogP contribution >= 0.6 is 0 Å². The van der Waals surface area contributed by atoms with E-state index in [1.165, 1.54) is 6.33 Å². The summed E-state index contributed by atoms with van der Waals surface area (Å²) in [5.74, 6) is 1.04. The minimum Gasteiger partial charge on any atom is -0.497 e. The van der Waals surface area contributed by atoms with Gasteiger partial charge in [-0.3, -0.25) is 0 Å². The molecule has 3 rings (SSSR count). The minimum atomic E-state index is -0.0188. The molecule has 0 aliphatic heterocycles. The van der Waals surface area contributed by atoms with Gasteiger partial charge in [0.15, 0.2) is 0 Å². The van der Waals surface area contributed by atoms with Gasteiger partial charge in [0.1, 0.15) is 17.6 Å². The van der Waals surface area contributed by atoms with Gasteiger partial charge in [-0.25, -0.2) is 9.97 Å². The van der Waals surface area contributed by atoms with Gasteiger partial charge in [0.05, 0.1) is 12.6 Å². The molecule has 0 radical (unpaired) electrons. The van der Waals surface area contributed by atoms with E-state index in [0.717, 1.165) is 22.5 Å². The highest BCUT2D eigenvalue weighted by Crippen LogP contribution is 2.32. The summed E-state index contributed by atoms with van der Waals surface area (Å²) in [6.45, 7) is 4.20. The molecule has 0 unspecified atom stereocenters. The number of ether oxygens (including phenoxy) is 1. The summed E-state index contributed by atoms with van der Waals surface area (Å²) in [5, 5.41) is 10.1. The molecule has 5 nitrogen and oxygen atoms in total. The van der Waals surface area contributed by atoms with Crippen LogP contribution in [-0.2, 0) is 0 Å². The Morgan fingerprint density at radius 1 is 1.24 bits per heavy atom. The Hall–Kier alpha value is -2.56. The number of methoxy groups -OCH3 is 1. The SMILES string of the molecule is COc1cccc(-n2cc(C(C)C)c3ncnc(O)c32)c1. The first-order valence-corrected chi connectivity index (χ1v) is 6.81. The van der Waals surface area contributed by atoms with Crippen molar-refractivity contribution in [2.75, 3.05) is 7.11 Å². The van der Waals surface area contributed by atoms with Crippen LogP contribution < -0.4 is 4.74 Å². The molecule has 0 saturated heterocycles. The number of benzene rings is 1. The normalized spacial score (nSPS) is 11.2. The van der Waals surface area contributed by atoms with E-state index in [1.54, 1.807) is 7.11 Å². The van der Waals surface area contributed by atoms with Gasteiger partial charge < -0.3 is 14.4 Å². The lowest BCUT2D eigenvalue weighted by Crippen LogP contribution is -1.94. The summed E-state index contributed by atoms with van der Waals surface area (Å²) in [4.78, 5) is 8.23. The molecule has 108 valence electrons. The highest BCUT2D eigenvalue weighted by molar-refractivity contribution is 5.86. The quantitative estimate of drug-likeness (QED) is 0.801. The summed E-state index contributed by atoms with van der Waals surface area (Å²) in [6, 6.07) is 7.67. The molecule has 0 atom stereocenters. The van der Waals surface area contributed by atoms with Crippen LogP contribution in [0.3, 0.4) is 0 Å². The zero-order chi connectivity index (χ0) is 15.0. The summed E-state index contributed by atoms with van der Waals surface area (Å²) < 4.78 is 7.17. The van der Waals surface area contributed by atoms with Crippen LogP contribution in [0.2, 0.25) is 0 Å². The number of hydrogen-bond acceptors (Lipinski definition) is 4. The lowest BCUT2D eigenvalue weighted by Gasteiger charge is -2.07. The fraction of sp³-hybridized carbons (Fsp3) is 0.250. The van der Waals surface area contributed by atoms with Gasteiger partial charge in [0.25, 0.3) is 0 Å². The molecule has 1 N–H and O–H groups in total. The Morgan fingerprint density at radius 2 is 2.05 bits per heavy atom. The second kappa shape index (κ2) is 5.09. The zero-order valence-corrected chi connectivity index (χ0v) is 12.2. The molecule has 0 bridgehead atoms. The van der Waals surface area contributed by atoms with Crippen LogP contribution in [0.5, 0.6) is 11.6 Å². The molecule has 2 aromatic heterocycles. The Morgan fingerprint density at radius 3 is 2.76 bits per heavy atom. The molecular formula is C16H17N3O2. The van der Waals surface area contributed by atoms with E-state index < -0.39 is 0 Å². The Bertz CT molecular complexity index is 793. The second-order valence-corrected chi connectivity index (χ2v) is 5.21. The smallest absolute Gasteiger partial charge is 0.239 e. The van der Waals surface area contributed by atoms with Crippen molar-refractivity contribution < 1.29 is 9.84 Å². The summed E-state index contributed by atoms with van der Waals surface area (Å²) in [7, 11) is 1.63. The first-order chi connectivity index (χ1) is 10.1. The van der Waals surface area contributed by atoms with Gasteiger partial charge in [-0.1, -0.05) is 19.9 Å². The fourth-order valence-electron chi connectivity index (χ4n) is 2.45. The summed E-state index contributed by atoms with van der Waals surface area (Å²) in [6.07, 6.45) is 3.39. The number of rotatable bonds is 3. The topological polar surface area (TPSA) is 60.2 Å². The standard InChI is InChI=1S/C16H17N3O2/c1-10(2)13-8-19(11-5-4-6-12(7-11)21-3)15-14(13)17-9-18-16(15)20/h4-10H,1-3H3,(H,17,18,20). The third-order valence-corrected chi connectivity index (χ3v) is 3.54. The summed E-state index contributed by atoms with van der Waals surface area (Å²) in [5.41, 5.74) is 3.37. The fourth-order valence-corrected chi connectivity index (χ4v) is 2.45. The van der Waals surface area contributed by atoms with E-state index in [-0.39, 0.29) is 5.88 Å². The maximum absolute atomic E-state index is 10.1. The number of fused-ring (bicyclic) bond motifs is 1. The Balaban J connectivity index is 2.31. The highest BCUT2D eigenvalue weighted by Gasteiger charge is 2.17. The molecule has 0 aliphatic carbocycles. The van der Waals surface area contributed by atoms with Crippen LogP contribution in [0.4, 0.5) is 0 Å². The van der Waals surface area contributed by atoms with Crippen LogP contribution in [0.25, 0.3) is 16.7 Å². The molecule has 0 amide bonds. The number of aromatic nitrogens is 3. The molecule has 5 heteroatoms. The van der Waals surface area contributed by atoms with Gasteiger partial charge in [-0.05, 0) is 23.6 Å². The minimum absolute atomic E-state index is 0.0188. The highest BCUT2D eigenvalue weighted by atomic mass is 16.5. The van der Waals surface area contributed by atoms with E-state index in [2.05, 4.69) is 23.8 Å². The largest absolute Gasteiger partial charge is 0.497 e. The van der Waals surface area contributed by atoms with Crippen molar-refractivity contribution in [2.24, 2.45) is 0 Å². The predicted molar refractivity (Wildman–Crippen MR) is 81.2 cm³/mol. The van der Waals surface area contributed by atoms with Crippen molar-refractivity contribution in [3.63, 3.8) is 0 Å². The van der Waals surface area contributed by atoms with Gasteiger partial charge in [0.2, 0.25) is 5.88 Å². The molecule has 0 saturated carbocycles. The second-order valence-electron chi connectivity index (χ2n) is 5.21. The van der Waals surface area contributed by atoms with Gasteiger partial charge in [0, 0.05) is 18.0 Å². The molecular weight excluding hydrogens is 266 g/mol. The maximum atomic E-state index is 10.1. The van der Waals surface area contributed by atoms with Crippen LogP contribution in [0, 0.1) is 0 Å². The van der Waals surface area contributed by atoms with Crippen molar-refractivity contribution in [3.8, 4) is 17.3 Å². The first kappa shape index (κ1) is 13.4.